The van der Waals surface area contributed by atoms with Crippen molar-refractivity contribution in [3.8, 4) is 11.1 Å². The molecule has 0 heterocycles. The van der Waals surface area contributed by atoms with Gasteiger partial charge in [0.1, 0.15) is 0 Å². The van der Waals surface area contributed by atoms with Gasteiger partial charge < -0.3 is 5.32 Å². The Morgan fingerprint density at radius 3 is 2.44 bits per heavy atom. The Bertz CT molecular complexity index is 1090. The van der Waals surface area contributed by atoms with Gasteiger partial charge in [0.2, 0.25) is 10.9 Å². The molecule has 0 radical (unpaired) electrons. The van der Waals surface area contributed by atoms with E-state index in [1.807, 2.05) is 12.1 Å². The Hall–Kier alpha value is -2.68. The van der Waals surface area contributed by atoms with Crippen LogP contribution in [0.15, 0.2) is 52.1 Å². The average molecular weight is 357 g/mol. The highest BCUT2D eigenvalue weighted by Crippen LogP contribution is 2.35. The van der Waals surface area contributed by atoms with Gasteiger partial charge in [-0.3, -0.25) is 9.59 Å². The van der Waals surface area contributed by atoms with Crippen LogP contribution in [0.25, 0.3) is 11.1 Å². The number of fused-ring (bicyclic) bond motifs is 2. The largest absolute Gasteiger partial charge is 0.374 e. The topological polar surface area (TPSA) is 46.2 Å². The Morgan fingerprint density at radius 1 is 0.778 bits per heavy atom. The molecule has 0 saturated carbocycles. The smallest absolute Gasteiger partial charge is 0.250 e. The third-order valence-electron chi connectivity index (χ3n) is 6.24. The van der Waals surface area contributed by atoms with E-state index in [2.05, 4.69) is 35.6 Å². The third kappa shape index (κ3) is 2.73. The maximum Gasteiger partial charge on any atom is 0.250 e. The van der Waals surface area contributed by atoms with E-state index in [0.29, 0.717) is 11.3 Å². The van der Waals surface area contributed by atoms with Gasteiger partial charge in [-0.25, -0.2) is 0 Å². The van der Waals surface area contributed by atoms with Crippen molar-refractivity contribution in [2.75, 3.05) is 5.32 Å². The Morgan fingerprint density at radius 2 is 1.56 bits per heavy atom. The molecule has 5 rings (SSSR count). The number of hydrogen-bond acceptors (Lipinski definition) is 3. The van der Waals surface area contributed by atoms with Crippen LogP contribution in [0, 0.1) is 0 Å². The first-order valence-electron chi connectivity index (χ1n) is 10.0. The summed E-state index contributed by atoms with van der Waals surface area (Å²) < 4.78 is 0. The zero-order valence-electron chi connectivity index (χ0n) is 15.4. The van der Waals surface area contributed by atoms with Crippen molar-refractivity contribution in [3.05, 3.63) is 85.2 Å². The normalized spacial score (nSPS) is 18.7. The van der Waals surface area contributed by atoms with Gasteiger partial charge in [0.15, 0.2) is 0 Å². The number of benzene rings is 2. The van der Waals surface area contributed by atoms with Crippen LogP contribution in [0.2, 0.25) is 0 Å². The van der Waals surface area contributed by atoms with E-state index in [1.165, 1.54) is 35.1 Å². The maximum atomic E-state index is 12.4. The quantitative estimate of drug-likeness (QED) is 0.710. The second-order valence-corrected chi connectivity index (χ2v) is 7.89. The highest BCUT2D eigenvalue weighted by molar-refractivity contribution is 5.82. The number of aryl methyl sites for hydroxylation is 3. The van der Waals surface area contributed by atoms with Crippen molar-refractivity contribution >= 4 is 5.69 Å². The predicted octanol–water partition coefficient (Wildman–Crippen LogP) is 4.32. The standard InChI is InChI=1S/C24H23NO2/c26-23-21(18-13-12-15-6-1-2-8-17(15)14-18)22(24(23)27)25-20-11-5-9-16-7-3-4-10-19(16)20/h3-4,7,10,12-14,20,25H,1-2,5-6,8-9,11H2. The number of nitrogens with one attached hydrogen (secondary N) is 1. The second kappa shape index (κ2) is 6.49. The summed E-state index contributed by atoms with van der Waals surface area (Å²) in [6, 6.07) is 14.8. The molecule has 3 aromatic rings. The maximum absolute atomic E-state index is 12.4. The molecule has 0 saturated heterocycles. The summed E-state index contributed by atoms with van der Waals surface area (Å²) in [6.07, 6.45) is 7.78. The molecule has 27 heavy (non-hydrogen) atoms. The molecule has 0 bridgehead atoms. The highest BCUT2D eigenvalue weighted by Gasteiger charge is 2.27. The van der Waals surface area contributed by atoms with Gasteiger partial charge in [0, 0.05) is 0 Å². The van der Waals surface area contributed by atoms with E-state index in [-0.39, 0.29) is 16.9 Å². The minimum absolute atomic E-state index is 0.106. The first-order valence-corrected chi connectivity index (χ1v) is 10.0. The highest BCUT2D eigenvalue weighted by atomic mass is 16.2. The summed E-state index contributed by atoms with van der Waals surface area (Å²) in [5, 5.41) is 3.43. The van der Waals surface area contributed by atoms with Crippen LogP contribution in [-0.2, 0) is 19.3 Å². The summed E-state index contributed by atoms with van der Waals surface area (Å²) in [7, 11) is 0. The van der Waals surface area contributed by atoms with Gasteiger partial charge in [0.05, 0.1) is 17.3 Å². The molecule has 2 aliphatic rings. The van der Waals surface area contributed by atoms with Crippen molar-refractivity contribution in [2.45, 2.75) is 51.0 Å². The molecule has 136 valence electrons. The Kier molecular flexibility index (Phi) is 3.96. The van der Waals surface area contributed by atoms with Crippen LogP contribution in [0.5, 0.6) is 0 Å². The molecule has 0 aromatic heterocycles. The van der Waals surface area contributed by atoms with E-state index in [1.54, 1.807) is 0 Å². The predicted molar refractivity (Wildman–Crippen MR) is 109 cm³/mol. The fraction of sp³-hybridized carbons (Fsp3) is 0.333. The lowest BCUT2D eigenvalue weighted by Gasteiger charge is -2.28. The minimum atomic E-state index is -0.370. The molecule has 0 aliphatic heterocycles. The van der Waals surface area contributed by atoms with E-state index >= 15 is 0 Å². The van der Waals surface area contributed by atoms with Crippen molar-refractivity contribution in [2.24, 2.45) is 0 Å². The van der Waals surface area contributed by atoms with Gasteiger partial charge in [-0.05, 0) is 72.8 Å². The molecule has 3 heteroatoms. The van der Waals surface area contributed by atoms with Crippen LogP contribution in [-0.4, -0.2) is 0 Å². The summed E-state index contributed by atoms with van der Waals surface area (Å²) in [6.45, 7) is 0. The summed E-state index contributed by atoms with van der Waals surface area (Å²) >= 11 is 0. The SMILES string of the molecule is O=c1c(NC2CCCc3ccccc32)c(-c2ccc3c(c2)CCCC3)c1=O. The Balaban J connectivity index is 1.51. The average Bonchev–Trinajstić information content (AvgIpc) is 2.73. The van der Waals surface area contributed by atoms with Crippen LogP contribution < -0.4 is 16.2 Å². The van der Waals surface area contributed by atoms with Gasteiger partial charge >= 0.3 is 0 Å². The zero-order valence-corrected chi connectivity index (χ0v) is 15.4. The zero-order chi connectivity index (χ0) is 18.4. The molecule has 0 amide bonds. The molecule has 1 N–H and O–H groups in total. The van der Waals surface area contributed by atoms with Crippen LogP contribution in [0.3, 0.4) is 0 Å². The van der Waals surface area contributed by atoms with Crippen molar-refractivity contribution < 1.29 is 0 Å². The molecular weight excluding hydrogens is 334 g/mol. The molecule has 3 nitrogen and oxygen atoms in total. The van der Waals surface area contributed by atoms with E-state index in [9.17, 15) is 9.59 Å². The number of hydrogen-bond donors (Lipinski definition) is 1. The first-order chi connectivity index (χ1) is 13.2. The van der Waals surface area contributed by atoms with Gasteiger partial charge in [0.25, 0.3) is 0 Å². The molecule has 0 spiro atoms. The van der Waals surface area contributed by atoms with Crippen molar-refractivity contribution in [1.82, 2.24) is 0 Å². The molecule has 2 aliphatic carbocycles. The molecule has 1 unspecified atom stereocenters. The van der Waals surface area contributed by atoms with E-state index in [0.717, 1.165) is 37.7 Å². The summed E-state index contributed by atoms with van der Waals surface area (Å²) in [4.78, 5) is 24.7. The monoisotopic (exact) mass is 357 g/mol. The molecular formula is C24H23NO2. The number of anilines is 1. The van der Waals surface area contributed by atoms with Gasteiger partial charge in [-0.15, -0.1) is 0 Å². The van der Waals surface area contributed by atoms with Crippen LogP contribution >= 0.6 is 0 Å². The van der Waals surface area contributed by atoms with Gasteiger partial charge in [-0.2, -0.15) is 0 Å². The second-order valence-electron chi connectivity index (χ2n) is 7.89. The van der Waals surface area contributed by atoms with Crippen molar-refractivity contribution in [1.29, 1.82) is 0 Å². The number of rotatable bonds is 3. The molecule has 3 aromatic carbocycles. The first kappa shape index (κ1) is 16.5. The summed E-state index contributed by atoms with van der Waals surface area (Å²) in [5.74, 6) is 0. The van der Waals surface area contributed by atoms with Crippen LogP contribution in [0.1, 0.15) is 54.0 Å². The van der Waals surface area contributed by atoms with Crippen molar-refractivity contribution in [3.63, 3.8) is 0 Å². The fourth-order valence-electron chi connectivity index (χ4n) is 4.77. The lowest BCUT2D eigenvalue weighted by molar-refractivity contribution is 0.599. The van der Waals surface area contributed by atoms with E-state index < -0.39 is 0 Å². The lowest BCUT2D eigenvalue weighted by atomic mass is 9.86. The van der Waals surface area contributed by atoms with Gasteiger partial charge in [-0.1, -0.05) is 42.5 Å². The fourth-order valence-corrected chi connectivity index (χ4v) is 4.77. The van der Waals surface area contributed by atoms with E-state index in [4.69, 9.17) is 0 Å². The third-order valence-corrected chi connectivity index (χ3v) is 6.24. The van der Waals surface area contributed by atoms with Crippen LogP contribution in [0.4, 0.5) is 5.69 Å². The molecule has 1 atom stereocenters. The molecule has 0 fully saturated rings. The lowest BCUT2D eigenvalue weighted by Crippen LogP contribution is -2.37. The Labute approximate surface area is 158 Å². The summed E-state index contributed by atoms with van der Waals surface area (Å²) in [5.41, 5.74) is 6.59. The minimum Gasteiger partial charge on any atom is -0.374 e.